The van der Waals surface area contributed by atoms with E-state index in [1.807, 2.05) is 30.3 Å². The normalized spacial score (nSPS) is 10.8. The van der Waals surface area contributed by atoms with Gasteiger partial charge in [-0.1, -0.05) is 53.5 Å². The molecule has 0 spiro atoms. The molecule has 0 fully saturated rings. The number of carbonyl (C=O) groups excluding carboxylic acids is 1. The molecule has 1 N–H and O–H groups in total. The second-order valence-electron chi connectivity index (χ2n) is 5.29. The van der Waals surface area contributed by atoms with E-state index in [-0.39, 0.29) is 12.5 Å². The molecule has 0 atom stereocenters. The van der Waals surface area contributed by atoms with E-state index in [2.05, 4.69) is 15.5 Å². The van der Waals surface area contributed by atoms with Crippen LogP contribution in [-0.2, 0) is 17.9 Å². The number of amides is 1. The van der Waals surface area contributed by atoms with E-state index >= 15 is 0 Å². The molecular formula is C16H15Cl2N5O. The number of benzene rings is 1. The summed E-state index contributed by atoms with van der Waals surface area (Å²) in [7, 11) is 0. The summed E-state index contributed by atoms with van der Waals surface area (Å²) >= 11 is 12.1. The summed E-state index contributed by atoms with van der Waals surface area (Å²) in [5.74, 6) is 0.0539. The van der Waals surface area contributed by atoms with Gasteiger partial charge in [-0.25, -0.2) is 0 Å². The minimum atomic E-state index is -0.273. The van der Waals surface area contributed by atoms with E-state index in [9.17, 15) is 4.79 Å². The van der Waals surface area contributed by atoms with Crippen molar-refractivity contribution in [3.63, 3.8) is 0 Å². The Morgan fingerprint density at radius 2 is 1.96 bits per heavy atom. The van der Waals surface area contributed by atoms with Crippen molar-refractivity contribution in [3.05, 3.63) is 64.0 Å². The van der Waals surface area contributed by atoms with Crippen molar-refractivity contribution < 1.29 is 4.79 Å². The Morgan fingerprint density at radius 3 is 2.62 bits per heavy atom. The fourth-order valence-electron chi connectivity index (χ4n) is 2.22. The summed E-state index contributed by atoms with van der Waals surface area (Å²) in [6, 6.07) is 9.87. The second kappa shape index (κ2) is 7.07. The molecule has 124 valence electrons. The molecule has 3 rings (SSSR count). The Balaban J connectivity index is 1.67. The van der Waals surface area contributed by atoms with Crippen LogP contribution in [0.5, 0.6) is 0 Å². The maximum atomic E-state index is 12.1. The van der Waals surface area contributed by atoms with Crippen LogP contribution in [0.2, 0.25) is 10.0 Å². The average Bonchev–Trinajstić information content (AvgIpc) is 3.05. The lowest BCUT2D eigenvalue weighted by atomic mass is 10.2. The first-order valence-electron chi connectivity index (χ1n) is 7.27. The summed E-state index contributed by atoms with van der Waals surface area (Å²) in [6.07, 6.45) is 3.19. The molecule has 6 nitrogen and oxygen atoms in total. The number of halogens is 2. The SMILES string of the molecule is Cc1c(Cl)cnn1CC(=O)Nc1nn(Cc2ccccc2)cc1Cl. The first-order valence-corrected chi connectivity index (χ1v) is 8.03. The number of hydrogen-bond donors (Lipinski definition) is 1. The van der Waals surface area contributed by atoms with Crippen LogP contribution < -0.4 is 5.32 Å². The fraction of sp³-hybridized carbons (Fsp3) is 0.188. The summed E-state index contributed by atoms with van der Waals surface area (Å²) in [4.78, 5) is 12.1. The Bertz CT molecular complexity index is 857. The van der Waals surface area contributed by atoms with Crippen LogP contribution >= 0.6 is 23.2 Å². The van der Waals surface area contributed by atoms with Crippen LogP contribution in [0.1, 0.15) is 11.3 Å². The Hall–Kier alpha value is -2.31. The number of carbonyl (C=O) groups is 1. The molecule has 0 aliphatic carbocycles. The van der Waals surface area contributed by atoms with Gasteiger partial charge in [0.05, 0.1) is 23.5 Å². The minimum Gasteiger partial charge on any atom is -0.306 e. The molecule has 8 heteroatoms. The van der Waals surface area contributed by atoms with Crippen molar-refractivity contribution in [1.29, 1.82) is 0 Å². The van der Waals surface area contributed by atoms with Crippen LogP contribution in [0.25, 0.3) is 0 Å². The molecule has 0 saturated carbocycles. The highest BCUT2D eigenvalue weighted by Crippen LogP contribution is 2.20. The monoisotopic (exact) mass is 363 g/mol. The quantitative estimate of drug-likeness (QED) is 0.755. The van der Waals surface area contributed by atoms with Gasteiger partial charge >= 0.3 is 0 Å². The minimum absolute atomic E-state index is 0.0421. The molecule has 0 unspecified atom stereocenters. The summed E-state index contributed by atoms with van der Waals surface area (Å²) < 4.78 is 3.20. The molecule has 3 aromatic rings. The van der Waals surface area contributed by atoms with Gasteiger partial charge in [0.15, 0.2) is 5.82 Å². The average molecular weight is 364 g/mol. The van der Waals surface area contributed by atoms with Crippen LogP contribution in [0.15, 0.2) is 42.7 Å². The van der Waals surface area contributed by atoms with Gasteiger partial charge in [0.25, 0.3) is 0 Å². The van der Waals surface area contributed by atoms with Gasteiger partial charge in [-0.15, -0.1) is 0 Å². The molecule has 0 bridgehead atoms. The van der Waals surface area contributed by atoms with Gasteiger partial charge in [-0.3, -0.25) is 14.2 Å². The molecule has 2 aromatic heterocycles. The molecule has 24 heavy (non-hydrogen) atoms. The van der Waals surface area contributed by atoms with Crippen LogP contribution in [0.4, 0.5) is 5.82 Å². The highest BCUT2D eigenvalue weighted by Gasteiger charge is 2.13. The van der Waals surface area contributed by atoms with Gasteiger partial charge in [0.2, 0.25) is 5.91 Å². The van der Waals surface area contributed by atoms with E-state index in [0.29, 0.717) is 22.4 Å². The third kappa shape index (κ3) is 3.77. The number of nitrogens with one attached hydrogen (secondary N) is 1. The second-order valence-corrected chi connectivity index (χ2v) is 6.11. The van der Waals surface area contributed by atoms with Gasteiger partial charge in [-0.05, 0) is 12.5 Å². The predicted molar refractivity (Wildman–Crippen MR) is 93.4 cm³/mol. The van der Waals surface area contributed by atoms with Crippen molar-refractivity contribution in [3.8, 4) is 0 Å². The molecule has 0 aliphatic heterocycles. The van der Waals surface area contributed by atoms with E-state index in [0.717, 1.165) is 11.3 Å². The first kappa shape index (κ1) is 16.5. The number of aromatic nitrogens is 4. The standard InChI is InChI=1S/C16H15Cl2N5O/c1-11-13(17)7-19-23(11)10-15(24)20-16-14(18)9-22(21-16)8-12-5-3-2-4-6-12/h2-7,9H,8,10H2,1H3,(H,20,21,24). The van der Waals surface area contributed by atoms with Crippen molar-refractivity contribution >= 4 is 34.9 Å². The first-order chi connectivity index (χ1) is 11.5. The number of anilines is 1. The smallest absolute Gasteiger partial charge is 0.247 e. The van der Waals surface area contributed by atoms with Gasteiger partial charge < -0.3 is 5.32 Å². The highest BCUT2D eigenvalue weighted by molar-refractivity contribution is 6.33. The largest absolute Gasteiger partial charge is 0.306 e. The maximum absolute atomic E-state index is 12.1. The zero-order valence-electron chi connectivity index (χ0n) is 12.9. The van der Waals surface area contributed by atoms with E-state index in [1.54, 1.807) is 17.8 Å². The summed E-state index contributed by atoms with van der Waals surface area (Å²) in [6.45, 7) is 2.41. The zero-order chi connectivity index (χ0) is 17.1. The number of nitrogens with zero attached hydrogens (tertiary/aromatic N) is 4. The van der Waals surface area contributed by atoms with Gasteiger partial charge in [-0.2, -0.15) is 10.2 Å². The van der Waals surface area contributed by atoms with Gasteiger partial charge in [0, 0.05) is 6.20 Å². The zero-order valence-corrected chi connectivity index (χ0v) is 14.4. The van der Waals surface area contributed by atoms with Crippen LogP contribution in [0, 0.1) is 6.92 Å². The predicted octanol–water partition coefficient (Wildman–Crippen LogP) is 3.38. The van der Waals surface area contributed by atoms with Crippen molar-refractivity contribution in [2.24, 2.45) is 0 Å². The third-order valence-corrected chi connectivity index (χ3v) is 4.15. The Morgan fingerprint density at radius 1 is 1.21 bits per heavy atom. The molecule has 2 heterocycles. The van der Waals surface area contributed by atoms with Crippen LogP contribution in [-0.4, -0.2) is 25.5 Å². The Labute approximate surface area is 149 Å². The molecule has 1 amide bonds. The fourth-order valence-corrected chi connectivity index (χ4v) is 2.56. The molecule has 1 aromatic carbocycles. The van der Waals surface area contributed by atoms with E-state index in [1.165, 1.54) is 10.9 Å². The van der Waals surface area contributed by atoms with E-state index in [4.69, 9.17) is 23.2 Å². The van der Waals surface area contributed by atoms with Crippen molar-refractivity contribution in [2.75, 3.05) is 5.32 Å². The number of hydrogen-bond acceptors (Lipinski definition) is 3. The summed E-state index contributed by atoms with van der Waals surface area (Å²) in [5, 5.41) is 12.0. The molecule has 0 saturated heterocycles. The van der Waals surface area contributed by atoms with E-state index < -0.39 is 0 Å². The maximum Gasteiger partial charge on any atom is 0.247 e. The topological polar surface area (TPSA) is 64.7 Å². The lowest BCUT2D eigenvalue weighted by Gasteiger charge is -2.05. The third-order valence-electron chi connectivity index (χ3n) is 3.50. The van der Waals surface area contributed by atoms with Crippen molar-refractivity contribution in [2.45, 2.75) is 20.0 Å². The molecule has 0 radical (unpaired) electrons. The molecular weight excluding hydrogens is 349 g/mol. The van der Waals surface area contributed by atoms with Crippen molar-refractivity contribution in [1.82, 2.24) is 19.6 Å². The highest BCUT2D eigenvalue weighted by atomic mass is 35.5. The van der Waals surface area contributed by atoms with Gasteiger partial charge in [0.1, 0.15) is 11.6 Å². The Kier molecular flexibility index (Phi) is 4.87. The van der Waals surface area contributed by atoms with Crippen LogP contribution in [0.3, 0.4) is 0 Å². The lowest BCUT2D eigenvalue weighted by molar-refractivity contribution is -0.117. The summed E-state index contributed by atoms with van der Waals surface area (Å²) in [5.41, 5.74) is 1.82. The number of rotatable bonds is 5. The lowest BCUT2D eigenvalue weighted by Crippen LogP contribution is -2.20. The molecule has 0 aliphatic rings.